The van der Waals surface area contributed by atoms with Crippen molar-refractivity contribution in [2.45, 2.75) is 51.7 Å². The molecule has 1 aliphatic carbocycles. The van der Waals surface area contributed by atoms with Crippen molar-refractivity contribution < 1.29 is 23.0 Å². The third-order valence-electron chi connectivity index (χ3n) is 6.71. The topological polar surface area (TPSA) is 102 Å². The zero-order valence-electron chi connectivity index (χ0n) is 20.6. The van der Waals surface area contributed by atoms with Crippen LogP contribution < -0.4 is 20.3 Å². The average molecular weight is 491 g/mol. The molecule has 1 fully saturated rings. The highest BCUT2D eigenvalue weighted by atomic mass is 19.3. The van der Waals surface area contributed by atoms with Crippen LogP contribution in [0.15, 0.2) is 18.3 Å². The second-order valence-electron chi connectivity index (χ2n) is 9.48. The number of nitrogens with zero attached hydrogens (tertiary/aromatic N) is 4. The first-order valence-corrected chi connectivity index (χ1v) is 11.7. The Morgan fingerprint density at radius 2 is 2.03 bits per heavy atom. The van der Waals surface area contributed by atoms with Gasteiger partial charge in [0.2, 0.25) is 11.9 Å². The van der Waals surface area contributed by atoms with Gasteiger partial charge in [0.15, 0.2) is 5.82 Å². The molecule has 0 radical (unpaired) electrons. The lowest BCUT2D eigenvalue weighted by Crippen LogP contribution is -2.53. The highest BCUT2D eigenvalue weighted by molar-refractivity contribution is 6.03. The number of rotatable bonds is 9. The van der Waals surface area contributed by atoms with Crippen molar-refractivity contribution in [2.24, 2.45) is 11.8 Å². The maximum Gasteiger partial charge on any atom is 0.286 e. The molecule has 0 saturated heterocycles. The summed E-state index contributed by atoms with van der Waals surface area (Å²) < 4.78 is 37.6. The number of amides is 1. The molecule has 0 bridgehead atoms. The molecule has 1 saturated carbocycles. The molecular formula is C24H32F2N6O3. The van der Waals surface area contributed by atoms with Crippen molar-refractivity contribution in [3.63, 3.8) is 0 Å². The van der Waals surface area contributed by atoms with Gasteiger partial charge in [-0.25, -0.2) is 4.98 Å². The Morgan fingerprint density at radius 1 is 1.29 bits per heavy atom. The summed E-state index contributed by atoms with van der Waals surface area (Å²) in [6, 6.07) is 2.35. The minimum absolute atomic E-state index is 0.139. The second-order valence-corrected chi connectivity index (χ2v) is 9.48. The highest BCUT2D eigenvalue weighted by Crippen LogP contribution is 2.36. The van der Waals surface area contributed by atoms with Crippen molar-refractivity contribution in [1.29, 1.82) is 0 Å². The first kappa shape index (κ1) is 25.0. The lowest BCUT2D eigenvalue weighted by atomic mass is 9.75. The van der Waals surface area contributed by atoms with Crippen LogP contribution in [0.1, 0.15) is 38.1 Å². The van der Waals surface area contributed by atoms with Crippen LogP contribution in [-0.4, -0.2) is 60.3 Å². The Hall–Kier alpha value is -3.08. The molecule has 0 aromatic carbocycles. The number of halogens is 2. The number of carbonyl (C=O) groups excluding carboxylic acids is 1. The van der Waals surface area contributed by atoms with Crippen LogP contribution >= 0.6 is 0 Å². The van der Waals surface area contributed by atoms with Gasteiger partial charge in [0, 0.05) is 27.6 Å². The van der Waals surface area contributed by atoms with E-state index >= 15 is 0 Å². The van der Waals surface area contributed by atoms with E-state index < -0.39 is 12.0 Å². The van der Waals surface area contributed by atoms with E-state index in [1.807, 2.05) is 25.8 Å². The largest absolute Gasteiger partial charge is 0.492 e. The molecule has 2 aromatic heterocycles. The van der Waals surface area contributed by atoms with E-state index in [-0.39, 0.29) is 17.7 Å². The molecule has 9 nitrogen and oxygen atoms in total. The summed E-state index contributed by atoms with van der Waals surface area (Å²) in [5.74, 6) is -0.560. The van der Waals surface area contributed by atoms with E-state index in [0.717, 1.165) is 26.3 Å². The molecule has 2 atom stereocenters. The quantitative estimate of drug-likeness (QED) is 0.550. The molecule has 1 amide bonds. The Bertz CT molecular complexity index is 1060. The van der Waals surface area contributed by atoms with Crippen LogP contribution in [0.5, 0.6) is 5.75 Å². The third kappa shape index (κ3) is 5.44. The summed E-state index contributed by atoms with van der Waals surface area (Å²) in [5, 5.41) is 6.24. The molecule has 1 aliphatic heterocycles. The number of aromatic nitrogens is 3. The van der Waals surface area contributed by atoms with Crippen molar-refractivity contribution in [1.82, 2.24) is 15.0 Å². The number of hydrogen-bond acceptors (Lipinski definition) is 8. The van der Waals surface area contributed by atoms with Gasteiger partial charge in [-0.1, -0.05) is 0 Å². The highest BCUT2D eigenvalue weighted by Gasteiger charge is 2.37. The molecular weight excluding hydrogens is 458 g/mol. The van der Waals surface area contributed by atoms with E-state index in [1.165, 1.54) is 18.3 Å². The van der Waals surface area contributed by atoms with E-state index in [0.29, 0.717) is 47.3 Å². The number of anilines is 3. The van der Waals surface area contributed by atoms with Crippen LogP contribution in [0, 0.1) is 18.8 Å². The SMILES string of the molecule is CO[C@H](C)[C@H]1C(=O)Nc2c(C)nc(NCC3CC(COc4ccc(C(C)(F)F)nc4)C3)nc2N1C. The van der Waals surface area contributed by atoms with Gasteiger partial charge in [0.25, 0.3) is 5.92 Å². The van der Waals surface area contributed by atoms with Gasteiger partial charge in [-0.15, -0.1) is 0 Å². The van der Waals surface area contributed by atoms with Crippen molar-refractivity contribution >= 4 is 23.4 Å². The van der Waals surface area contributed by atoms with Crippen molar-refractivity contribution in [3.8, 4) is 5.75 Å². The number of alkyl halides is 2. The van der Waals surface area contributed by atoms with Crippen LogP contribution in [-0.2, 0) is 15.5 Å². The van der Waals surface area contributed by atoms with E-state index in [4.69, 9.17) is 9.47 Å². The van der Waals surface area contributed by atoms with Gasteiger partial charge in [-0.05, 0) is 50.7 Å². The number of pyridine rings is 1. The molecule has 35 heavy (non-hydrogen) atoms. The molecule has 3 heterocycles. The Morgan fingerprint density at radius 3 is 2.66 bits per heavy atom. The molecule has 2 aliphatic rings. The fourth-order valence-corrected chi connectivity index (χ4v) is 4.55. The lowest BCUT2D eigenvalue weighted by molar-refractivity contribution is -0.120. The normalized spacial score (nSPS) is 22.7. The first-order chi connectivity index (χ1) is 16.6. The summed E-state index contributed by atoms with van der Waals surface area (Å²) in [6.07, 6.45) is 3.02. The standard InChI is InChI=1S/C24H32F2N6O3/c1-13-19-21(32(4)20(14(2)34-5)22(33)30-19)31-23(29-13)28-10-15-8-16(9-15)12-35-17-6-7-18(27-11-17)24(3,25)26/h6-7,11,14-16,20H,8-10,12H2,1-5H3,(H,30,33)(H,28,29,31)/t14-,15?,16?,20+/m1/s1. The summed E-state index contributed by atoms with van der Waals surface area (Å²) in [6.45, 7) is 5.77. The summed E-state index contributed by atoms with van der Waals surface area (Å²) in [5.41, 5.74) is 1.05. The maximum absolute atomic E-state index is 13.3. The van der Waals surface area contributed by atoms with Crippen molar-refractivity contribution in [3.05, 3.63) is 29.7 Å². The number of nitrogens with one attached hydrogen (secondary N) is 2. The summed E-state index contributed by atoms with van der Waals surface area (Å²) in [4.78, 5) is 27.3. The number of methoxy groups -OCH3 is 1. The molecule has 4 rings (SSSR count). The summed E-state index contributed by atoms with van der Waals surface area (Å²) >= 11 is 0. The Labute approximate surface area is 203 Å². The smallest absolute Gasteiger partial charge is 0.286 e. The fourth-order valence-electron chi connectivity index (χ4n) is 4.55. The zero-order chi connectivity index (χ0) is 25.3. The lowest BCUT2D eigenvalue weighted by Gasteiger charge is -2.37. The van der Waals surface area contributed by atoms with Gasteiger partial charge >= 0.3 is 0 Å². The van der Waals surface area contributed by atoms with Crippen LogP contribution in [0.2, 0.25) is 0 Å². The Balaban J connectivity index is 1.27. The fraction of sp³-hybridized carbons (Fsp3) is 0.583. The van der Waals surface area contributed by atoms with Gasteiger partial charge in [-0.2, -0.15) is 13.8 Å². The van der Waals surface area contributed by atoms with Gasteiger partial charge in [0.05, 0.1) is 24.6 Å². The molecule has 2 aromatic rings. The monoisotopic (exact) mass is 490 g/mol. The number of likely N-dealkylation sites (N-methyl/N-ethyl adjacent to an activating group) is 1. The predicted molar refractivity (Wildman–Crippen MR) is 128 cm³/mol. The van der Waals surface area contributed by atoms with Gasteiger partial charge in [0.1, 0.15) is 23.2 Å². The van der Waals surface area contributed by atoms with Crippen LogP contribution in [0.3, 0.4) is 0 Å². The molecule has 190 valence electrons. The molecule has 0 spiro atoms. The van der Waals surface area contributed by atoms with Gasteiger partial charge in [-0.3, -0.25) is 9.78 Å². The third-order valence-corrected chi connectivity index (χ3v) is 6.71. The number of carbonyl (C=O) groups is 1. The number of fused-ring (bicyclic) bond motifs is 1. The van der Waals surface area contributed by atoms with Crippen molar-refractivity contribution in [2.75, 3.05) is 42.8 Å². The summed E-state index contributed by atoms with van der Waals surface area (Å²) in [7, 11) is 3.41. The number of hydrogen-bond donors (Lipinski definition) is 2. The molecule has 2 N–H and O–H groups in total. The first-order valence-electron chi connectivity index (χ1n) is 11.7. The van der Waals surface area contributed by atoms with E-state index in [1.54, 1.807) is 7.11 Å². The van der Waals surface area contributed by atoms with E-state index in [2.05, 4.69) is 25.6 Å². The number of ether oxygens (including phenoxy) is 2. The minimum Gasteiger partial charge on any atom is -0.492 e. The van der Waals surface area contributed by atoms with Crippen LogP contribution in [0.4, 0.5) is 26.2 Å². The zero-order valence-corrected chi connectivity index (χ0v) is 20.6. The maximum atomic E-state index is 13.3. The average Bonchev–Trinajstić information content (AvgIpc) is 2.78. The minimum atomic E-state index is -2.96. The van der Waals surface area contributed by atoms with Gasteiger partial charge < -0.3 is 25.0 Å². The number of aryl methyl sites for hydroxylation is 1. The second kappa shape index (κ2) is 9.88. The Kier molecular flexibility index (Phi) is 7.07. The molecule has 0 unspecified atom stereocenters. The predicted octanol–water partition coefficient (Wildman–Crippen LogP) is 3.60. The van der Waals surface area contributed by atoms with E-state index in [9.17, 15) is 13.6 Å². The van der Waals surface area contributed by atoms with Crippen LogP contribution in [0.25, 0.3) is 0 Å². The molecule has 11 heteroatoms.